The molecule has 0 fully saturated rings. The van der Waals surface area contributed by atoms with E-state index in [0.717, 1.165) is 5.56 Å². The molecule has 0 radical (unpaired) electrons. The molecule has 1 aromatic carbocycles. The first-order valence-corrected chi connectivity index (χ1v) is 5.06. The summed E-state index contributed by atoms with van der Waals surface area (Å²) in [5, 5.41) is 0. The number of carbonyl (C=O) groups excluding carboxylic acids is 1. The molecule has 2 heteroatoms. The Kier molecular flexibility index (Phi) is 4.10. The van der Waals surface area contributed by atoms with Gasteiger partial charge in [-0.3, -0.25) is 0 Å². The van der Waals surface area contributed by atoms with Crippen LogP contribution < -0.4 is 0 Å². The number of ether oxygens (including phenoxy) is 1. The van der Waals surface area contributed by atoms with Gasteiger partial charge in [0.15, 0.2) is 0 Å². The molecule has 0 heterocycles. The van der Waals surface area contributed by atoms with E-state index < -0.39 is 0 Å². The van der Waals surface area contributed by atoms with E-state index in [1.54, 1.807) is 13.0 Å². The highest BCUT2D eigenvalue weighted by molar-refractivity contribution is 5.87. The summed E-state index contributed by atoms with van der Waals surface area (Å²) in [5.41, 5.74) is 3.47. The van der Waals surface area contributed by atoms with Crippen molar-refractivity contribution in [3.63, 3.8) is 0 Å². The fourth-order valence-corrected chi connectivity index (χ4v) is 1.30. The van der Waals surface area contributed by atoms with Crippen molar-refractivity contribution in [1.82, 2.24) is 0 Å². The Hall–Kier alpha value is -1.57. The fourth-order valence-electron chi connectivity index (χ4n) is 1.30. The van der Waals surface area contributed by atoms with Crippen LogP contribution in [0.1, 0.15) is 23.6 Å². The van der Waals surface area contributed by atoms with Crippen LogP contribution in [0, 0.1) is 13.8 Å². The van der Waals surface area contributed by atoms with Gasteiger partial charge in [0.25, 0.3) is 0 Å². The van der Waals surface area contributed by atoms with Gasteiger partial charge < -0.3 is 4.74 Å². The van der Waals surface area contributed by atoms with Gasteiger partial charge in [-0.05, 0) is 43.5 Å². The molecule has 0 bridgehead atoms. The maximum Gasteiger partial charge on any atom is 0.330 e. The van der Waals surface area contributed by atoms with Gasteiger partial charge in [0, 0.05) is 6.08 Å². The molecule has 0 N–H and O–H groups in total. The van der Waals surface area contributed by atoms with Crippen molar-refractivity contribution in [2.24, 2.45) is 0 Å². The first-order valence-electron chi connectivity index (χ1n) is 5.06. The van der Waals surface area contributed by atoms with Gasteiger partial charge in [-0.15, -0.1) is 0 Å². The second-order valence-corrected chi connectivity index (χ2v) is 3.37. The molecule has 0 aromatic heterocycles. The van der Waals surface area contributed by atoms with Crippen molar-refractivity contribution in [3.8, 4) is 0 Å². The van der Waals surface area contributed by atoms with Crippen LogP contribution in [-0.4, -0.2) is 12.6 Å². The third kappa shape index (κ3) is 3.24. The second-order valence-electron chi connectivity index (χ2n) is 3.37. The number of aryl methyl sites for hydroxylation is 1. The topological polar surface area (TPSA) is 26.3 Å². The lowest BCUT2D eigenvalue weighted by Crippen LogP contribution is -1.98. The summed E-state index contributed by atoms with van der Waals surface area (Å²) in [4.78, 5) is 11.1. The molecule has 0 aliphatic rings. The van der Waals surface area contributed by atoms with Gasteiger partial charge in [0.05, 0.1) is 6.61 Å². The lowest BCUT2D eigenvalue weighted by molar-refractivity contribution is -0.137. The quantitative estimate of drug-likeness (QED) is 0.559. The number of benzene rings is 1. The van der Waals surface area contributed by atoms with Gasteiger partial charge in [-0.1, -0.05) is 18.2 Å². The standard InChI is InChI=1S/C13H16O2/c1-4-15-13(14)9-8-12-7-5-6-10(2)11(12)3/h5-9H,4H2,1-3H3/b9-8+. The Balaban J connectivity index is 2.81. The highest BCUT2D eigenvalue weighted by atomic mass is 16.5. The highest BCUT2D eigenvalue weighted by Gasteiger charge is 1.98. The molecule has 0 aliphatic carbocycles. The van der Waals surface area contributed by atoms with E-state index in [1.165, 1.54) is 17.2 Å². The van der Waals surface area contributed by atoms with Gasteiger partial charge in [0.2, 0.25) is 0 Å². The van der Waals surface area contributed by atoms with Crippen LogP contribution >= 0.6 is 0 Å². The summed E-state index contributed by atoms with van der Waals surface area (Å²) >= 11 is 0. The van der Waals surface area contributed by atoms with Crippen molar-refractivity contribution in [2.45, 2.75) is 20.8 Å². The number of hydrogen-bond acceptors (Lipinski definition) is 2. The van der Waals surface area contributed by atoms with E-state index in [4.69, 9.17) is 4.74 Å². The number of hydrogen-bond donors (Lipinski definition) is 0. The molecule has 0 unspecified atom stereocenters. The van der Waals surface area contributed by atoms with Gasteiger partial charge in [0.1, 0.15) is 0 Å². The average Bonchev–Trinajstić information content (AvgIpc) is 2.21. The van der Waals surface area contributed by atoms with E-state index in [9.17, 15) is 4.79 Å². The zero-order chi connectivity index (χ0) is 11.3. The van der Waals surface area contributed by atoms with Crippen molar-refractivity contribution >= 4 is 12.0 Å². The highest BCUT2D eigenvalue weighted by Crippen LogP contribution is 2.13. The Morgan fingerprint density at radius 2 is 2.13 bits per heavy atom. The van der Waals surface area contributed by atoms with Crippen molar-refractivity contribution in [3.05, 3.63) is 41.0 Å². The molecule has 0 aliphatic heterocycles. The molecule has 0 atom stereocenters. The first-order chi connectivity index (χ1) is 7.15. The molecular formula is C13H16O2. The summed E-state index contributed by atoms with van der Waals surface area (Å²) in [5.74, 6) is -0.293. The van der Waals surface area contributed by atoms with Crippen LogP contribution in [0.2, 0.25) is 0 Å². The van der Waals surface area contributed by atoms with Crippen LogP contribution in [0.4, 0.5) is 0 Å². The molecule has 1 aromatic rings. The SMILES string of the molecule is CCOC(=O)/C=C/c1cccc(C)c1C. The van der Waals surface area contributed by atoms with Gasteiger partial charge >= 0.3 is 5.97 Å². The fraction of sp³-hybridized carbons (Fsp3) is 0.308. The Morgan fingerprint density at radius 1 is 1.40 bits per heavy atom. The summed E-state index contributed by atoms with van der Waals surface area (Å²) in [6.07, 6.45) is 3.26. The Morgan fingerprint density at radius 3 is 2.80 bits per heavy atom. The summed E-state index contributed by atoms with van der Waals surface area (Å²) in [7, 11) is 0. The lowest BCUT2D eigenvalue weighted by atomic mass is 10.0. The monoisotopic (exact) mass is 204 g/mol. The molecule has 80 valence electrons. The van der Waals surface area contributed by atoms with Crippen molar-refractivity contribution in [1.29, 1.82) is 0 Å². The number of esters is 1. The summed E-state index contributed by atoms with van der Waals surface area (Å²) < 4.78 is 4.81. The molecule has 0 saturated carbocycles. The van der Waals surface area contributed by atoms with E-state index in [-0.39, 0.29) is 5.97 Å². The molecule has 0 spiro atoms. The zero-order valence-electron chi connectivity index (χ0n) is 9.41. The largest absolute Gasteiger partial charge is 0.463 e. The minimum Gasteiger partial charge on any atom is -0.463 e. The van der Waals surface area contributed by atoms with Crippen molar-refractivity contribution in [2.75, 3.05) is 6.61 Å². The second kappa shape index (κ2) is 5.35. The van der Waals surface area contributed by atoms with Crippen LogP contribution in [0.25, 0.3) is 6.08 Å². The molecule has 0 saturated heterocycles. The number of rotatable bonds is 3. The smallest absolute Gasteiger partial charge is 0.330 e. The molecule has 0 amide bonds. The number of carbonyl (C=O) groups is 1. The predicted molar refractivity (Wildman–Crippen MR) is 61.6 cm³/mol. The van der Waals surface area contributed by atoms with E-state index in [1.807, 2.05) is 19.1 Å². The first kappa shape index (κ1) is 11.5. The normalized spacial score (nSPS) is 10.6. The minimum absolute atomic E-state index is 0.293. The van der Waals surface area contributed by atoms with Crippen LogP contribution in [0.3, 0.4) is 0 Å². The lowest BCUT2D eigenvalue weighted by Gasteiger charge is -2.03. The maximum atomic E-state index is 11.1. The zero-order valence-corrected chi connectivity index (χ0v) is 9.41. The maximum absolute atomic E-state index is 11.1. The summed E-state index contributed by atoms with van der Waals surface area (Å²) in [6.45, 7) is 6.30. The van der Waals surface area contributed by atoms with E-state index >= 15 is 0 Å². The summed E-state index contributed by atoms with van der Waals surface area (Å²) in [6, 6.07) is 6.02. The third-order valence-electron chi connectivity index (χ3n) is 2.33. The third-order valence-corrected chi connectivity index (χ3v) is 2.33. The van der Waals surface area contributed by atoms with Gasteiger partial charge in [-0.25, -0.2) is 4.79 Å². The minimum atomic E-state index is -0.293. The van der Waals surface area contributed by atoms with Gasteiger partial charge in [-0.2, -0.15) is 0 Å². The molecule has 15 heavy (non-hydrogen) atoms. The van der Waals surface area contributed by atoms with Crippen LogP contribution in [0.15, 0.2) is 24.3 Å². The van der Waals surface area contributed by atoms with Crippen molar-refractivity contribution < 1.29 is 9.53 Å². The Labute approximate surface area is 90.6 Å². The van der Waals surface area contributed by atoms with Crippen LogP contribution in [-0.2, 0) is 9.53 Å². The molecular weight excluding hydrogens is 188 g/mol. The average molecular weight is 204 g/mol. The van der Waals surface area contributed by atoms with Crippen LogP contribution in [0.5, 0.6) is 0 Å². The Bertz CT molecular complexity index is 378. The van der Waals surface area contributed by atoms with E-state index in [0.29, 0.717) is 6.61 Å². The van der Waals surface area contributed by atoms with E-state index in [2.05, 4.69) is 13.0 Å². The molecule has 2 nitrogen and oxygen atoms in total. The molecule has 1 rings (SSSR count). The predicted octanol–water partition coefficient (Wildman–Crippen LogP) is 2.88.